The lowest BCUT2D eigenvalue weighted by molar-refractivity contribution is -0.116. The normalized spacial score (nSPS) is 14.2. The van der Waals surface area contributed by atoms with Gasteiger partial charge in [0.2, 0.25) is 5.91 Å². The van der Waals surface area contributed by atoms with E-state index in [9.17, 15) is 4.79 Å². The van der Waals surface area contributed by atoms with E-state index >= 15 is 0 Å². The van der Waals surface area contributed by atoms with Crippen LogP contribution in [-0.4, -0.2) is 87.9 Å². The summed E-state index contributed by atoms with van der Waals surface area (Å²) < 4.78 is 5.37. The van der Waals surface area contributed by atoms with Crippen molar-refractivity contribution in [3.63, 3.8) is 0 Å². The standard InChI is InChI=1S/C18H29N5O2S/c1-21(2)9-8-19-18(26)22(3)14-17(24)20-15-4-6-16(7-5-15)23-10-12-25-13-11-23/h4-7H,8-14H2,1-3H3,(H,19,26)(H,20,24). The highest BCUT2D eigenvalue weighted by Gasteiger charge is 2.12. The molecule has 0 bridgehead atoms. The van der Waals surface area contributed by atoms with Crippen LogP contribution < -0.4 is 15.5 Å². The maximum Gasteiger partial charge on any atom is 0.243 e. The molecule has 1 saturated heterocycles. The van der Waals surface area contributed by atoms with E-state index in [0.717, 1.165) is 50.8 Å². The van der Waals surface area contributed by atoms with Gasteiger partial charge in [0.1, 0.15) is 0 Å². The van der Waals surface area contributed by atoms with Crippen LogP contribution in [0.5, 0.6) is 0 Å². The average Bonchev–Trinajstić information content (AvgIpc) is 2.62. The Morgan fingerprint density at radius 1 is 1.19 bits per heavy atom. The molecule has 1 heterocycles. The van der Waals surface area contributed by atoms with Crippen LogP contribution in [0.4, 0.5) is 11.4 Å². The first kappa shape index (κ1) is 20.4. The van der Waals surface area contributed by atoms with Crippen LogP contribution in [-0.2, 0) is 9.53 Å². The van der Waals surface area contributed by atoms with Crippen molar-refractivity contribution in [1.29, 1.82) is 0 Å². The van der Waals surface area contributed by atoms with Crippen LogP contribution in [0.25, 0.3) is 0 Å². The number of morpholine rings is 1. The van der Waals surface area contributed by atoms with Crippen LogP contribution in [0.1, 0.15) is 0 Å². The van der Waals surface area contributed by atoms with E-state index in [4.69, 9.17) is 17.0 Å². The molecule has 7 nitrogen and oxygen atoms in total. The van der Waals surface area contributed by atoms with Gasteiger partial charge in [-0.05, 0) is 50.6 Å². The van der Waals surface area contributed by atoms with Gasteiger partial charge in [-0.3, -0.25) is 4.79 Å². The average molecular weight is 380 g/mol. The lowest BCUT2D eigenvalue weighted by Gasteiger charge is -2.29. The van der Waals surface area contributed by atoms with E-state index < -0.39 is 0 Å². The molecule has 0 radical (unpaired) electrons. The van der Waals surface area contributed by atoms with Crippen molar-refractivity contribution in [2.75, 3.05) is 77.3 Å². The Labute approximate surface area is 161 Å². The van der Waals surface area contributed by atoms with Gasteiger partial charge >= 0.3 is 0 Å². The van der Waals surface area contributed by atoms with Crippen molar-refractivity contribution in [2.45, 2.75) is 0 Å². The molecule has 1 fully saturated rings. The Kier molecular flexibility index (Phi) is 8.08. The minimum atomic E-state index is -0.0941. The van der Waals surface area contributed by atoms with Gasteiger partial charge in [0.25, 0.3) is 0 Å². The van der Waals surface area contributed by atoms with Crippen molar-refractivity contribution in [3.8, 4) is 0 Å². The molecule has 1 aliphatic heterocycles. The molecule has 2 N–H and O–H groups in total. The first-order valence-electron chi connectivity index (χ1n) is 8.82. The van der Waals surface area contributed by atoms with Gasteiger partial charge in [0.15, 0.2) is 5.11 Å². The molecule has 0 aromatic heterocycles. The molecule has 144 valence electrons. The second-order valence-electron chi connectivity index (χ2n) is 6.59. The summed E-state index contributed by atoms with van der Waals surface area (Å²) in [5, 5.41) is 6.63. The topological polar surface area (TPSA) is 60.1 Å². The maximum atomic E-state index is 12.2. The van der Waals surface area contributed by atoms with Gasteiger partial charge in [-0.25, -0.2) is 0 Å². The molecule has 1 amide bonds. The summed E-state index contributed by atoms with van der Waals surface area (Å²) >= 11 is 5.30. The van der Waals surface area contributed by atoms with E-state index in [1.807, 2.05) is 45.4 Å². The predicted molar refractivity (Wildman–Crippen MR) is 110 cm³/mol. The molecule has 1 aromatic carbocycles. The van der Waals surface area contributed by atoms with Gasteiger partial charge in [0, 0.05) is 44.6 Å². The van der Waals surface area contributed by atoms with Gasteiger partial charge in [-0.1, -0.05) is 0 Å². The molecule has 1 aliphatic rings. The lowest BCUT2D eigenvalue weighted by atomic mass is 10.2. The Balaban J connectivity index is 1.76. The van der Waals surface area contributed by atoms with Crippen molar-refractivity contribution < 1.29 is 9.53 Å². The van der Waals surface area contributed by atoms with Gasteiger partial charge in [-0.15, -0.1) is 0 Å². The summed E-state index contributed by atoms with van der Waals surface area (Å²) in [6, 6.07) is 7.91. The molecule has 8 heteroatoms. The zero-order chi connectivity index (χ0) is 18.9. The highest BCUT2D eigenvalue weighted by atomic mass is 32.1. The molecule has 26 heavy (non-hydrogen) atoms. The van der Waals surface area contributed by atoms with Crippen LogP contribution >= 0.6 is 12.2 Å². The fourth-order valence-electron chi connectivity index (χ4n) is 2.59. The Bertz CT molecular complexity index is 588. The maximum absolute atomic E-state index is 12.2. The summed E-state index contributed by atoms with van der Waals surface area (Å²) in [5.74, 6) is -0.0941. The summed E-state index contributed by atoms with van der Waals surface area (Å²) in [7, 11) is 5.82. The number of anilines is 2. The zero-order valence-electron chi connectivity index (χ0n) is 15.8. The molecule has 2 rings (SSSR count). The number of rotatable bonds is 7. The number of nitrogens with one attached hydrogen (secondary N) is 2. The highest BCUT2D eigenvalue weighted by molar-refractivity contribution is 7.80. The fourth-order valence-corrected chi connectivity index (χ4v) is 2.75. The number of ether oxygens (including phenoxy) is 1. The second-order valence-corrected chi connectivity index (χ2v) is 6.97. The smallest absolute Gasteiger partial charge is 0.243 e. The minimum Gasteiger partial charge on any atom is -0.378 e. The summed E-state index contributed by atoms with van der Waals surface area (Å²) in [6.07, 6.45) is 0. The lowest BCUT2D eigenvalue weighted by Crippen LogP contribution is -2.43. The number of carbonyl (C=O) groups excluding carboxylic acids is 1. The number of amides is 1. The third-order valence-electron chi connectivity index (χ3n) is 4.09. The number of likely N-dealkylation sites (N-methyl/N-ethyl adjacent to an activating group) is 2. The van der Waals surface area contributed by atoms with E-state index in [1.54, 1.807) is 4.90 Å². The molecule has 0 aliphatic carbocycles. The molecule has 0 spiro atoms. The molecule has 0 unspecified atom stereocenters. The van der Waals surface area contributed by atoms with Gasteiger partial charge in [-0.2, -0.15) is 0 Å². The van der Waals surface area contributed by atoms with Crippen LogP contribution in [0, 0.1) is 0 Å². The van der Waals surface area contributed by atoms with Crippen molar-refractivity contribution in [2.24, 2.45) is 0 Å². The quantitative estimate of drug-likeness (QED) is 0.681. The van der Waals surface area contributed by atoms with E-state index in [1.165, 1.54) is 0 Å². The SMILES string of the molecule is CN(C)CCNC(=S)N(C)CC(=O)Nc1ccc(N2CCOCC2)cc1. The minimum absolute atomic E-state index is 0.0941. The summed E-state index contributed by atoms with van der Waals surface area (Å²) in [5.41, 5.74) is 1.93. The Hall–Kier alpha value is -1.90. The number of nitrogens with zero attached hydrogens (tertiary/aromatic N) is 3. The van der Waals surface area contributed by atoms with Crippen LogP contribution in [0.3, 0.4) is 0 Å². The van der Waals surface area contributed by atoms with Crippen molar-refractivity contribution in [1.82, 2.24) is 15.1 Å². The molecular weight excluding hydrogens is 350 g/mol. The monoisotopic (exact) mass is 379 g/mol. The third-order valence-corrected chi connectivity index (χ3v) is 4.55. The Morgan fingerprint density at radius 3 is 2.46 bits per heavy atom. The molecule has 0 saturated carbocycles. The zero-order valence-corrected chi connectivity index (χ0v) is 16.6. The summed E-state index contributed by atoms with van der Waals surface area (Å²) in [6.45, 7) is 5.15. The number of carbonyl (C=O) groups is 1. The molecule has 1 aromatic rings. The van der Waals surface area contributed by atoms with Crippen LogP contribution in [0.2, 0.25) is 0 Å². The molecular formula is C18H29N5O2S. The first-order chi connectivity index (χ1) is 12.5. The van der Waals surface area contributed by atoms with E-state index in [2.05, 4.69) is 20.4 Å². The predicted octanol–water partition coefficient (Wildman–Crippen LogP) is 0.830. The summed E-state index contributed by atoms with van der Waals surface area (Å²) in [4.78, 5) is 18.3. The van der Waals surface area contributed by atoms with Crippen molar-refractivity contribution >= 4 is 34.6 Å². The van der Waals surface area contributed by atoms with Gasteiger partial charge < -0.3 is 30.1 Å². The van der Waals surface area contributed by atoms with Crippen LogP contribution in [0.15, 0.2) is 24.3 Å². The third kappa shape index (κ3) is 6.78. The fraction of sp³-hybridized carbons (Fsp3) is 0.556. The number of benzene rings is 1. The number of hydrogen-bond donors (Lipinski definition) is 2. The van der Waals surface area contributed by atoms with Gasteiger partial charge in [0.05, 0.1) is 19.8 Å². The first-order valence-corrected chi connectivity index (χ1v) is 9.23. The Morgan fingerprint density at radius 2 is 1.85 bits per heavy atom. The highest BCUT2D eigenvalue weighted by Crippen LogP contribution is 2.18. The van der Waals surface area contributed by atoms with E-state index in [0.29, 0.717) is 5.11 Å². The van der Waals surface area contributed by atoms with Crippen molar-refractivity contribution in [3.05, 3.63) is 24.3 Å². The second kappa shape index (κ2) is 10.3. The number of thiocarbonyl (C=S) groups is 1. The number of hydrogen-bond acceptors (Lipinski definition) is 5. The molecule has 0 atom stereocenters. The largest absolute Gasteiger partial charge is 0.378 e. The van der Waals surface area contributed by atoms with E-state index in [-0.39, 0.29) is 12.5 Å².